The summed E-state index contributed by atoms with van der Waals surface area (Å²) in [7, 11) is 0. The molecule has 0 radical (unpaired) electrons. The Labute approximate surface area is 117 Å². The number of nitrogens with one attached hydrogen (secondary N) is 1. The minimum Gasteiger partial charge on any atom is -0.399 e. The minimum absolute atomic E-state index is 0.00988. The van der Waals surface area contributed by atoms with Gasteiger partial charge in [-0.1, -0.05) is 12.1 Å². The summed E-state index contributed by atoms with van der Waals surface area (Å²) >= 11 is 0. The van der Waals surface area contributed by atoms with Crippen molar-refractivity contribution in [3.05, 3.63) is 46.4 Å². The quantitative estimate of drug-likeness (QED) is 0.779. The molecule has 2 bridgehead atoms. The number of nitrogen functional groups attached to an aromatic ring is 1. The van der Waals surface area contributed by atoms with Crippen LogP contribution in [0.4, 0.5) is 11.4 Å². The number of anilines is 2. The molecular formula is C16H17N3O. The van der Waals surface area contributed by atoms with Crippen molar-refractivity contribution in [2.45, 2.75) is 18.8 Å². The molecule has 102 valence electrons. The molecule has 4 nitrogen and oxygen atoms in total. The Morgan fingerprint density at radius 1 is 1.15 bits per heavy atom. The van der Waals surface area contributed by atoms with Crippen molar-refractivity contribution in [2.75, 3.05) is 23.7 Å². The zero-order valence-corrected chi connectivity index (χ0v) is 11.2. The van der Waals surface area contributed by atoms with E-state index < -0.39 is 0 Å². The van der Waals surface area contributed by atoms with E-state index in [0.717, 1.165) is 48.4 Å². The smallest absolute Gasteiger partial charge is 0.248 e. The third kappa shape index (κ3) is 1.64. The van der Waals surface area contributed by atoms with E-state index >= 15 is 0 Å². The number of nitrogens with zero attached hydrogens (tertiary/aromatic N) is 1. The van der Waals surface area contributed by atoms with Crippen LogP contribution in [0.1, 0.15) is 24.5 Å². The van der Waals surface area contributed by atoms with E-state index in [0.29, 0.717) is 5.92 Å². The lowest BCUT2D eigenvalue weighted by molar-refractivity contribution is 0.463. The van der Waals surface area contributed by atoms with Crippen molar-refractivity contribution in [1.82, 2.24) is 4.98 Å². The van der Waals surface area contributed by atoms with Crippen LogP contribution >= 0.6 is 0 Å². The summed E-state index contributed by atoms with van der Waals surface area (Å²) in [6.45, 7) is 2.18. The van der Waals surface area contributed by atoms with Crippen LogP contribution in [0.15, 0.2) is 35.1 Å². The first-order chi connectivity index (χ1) is 9.72. The van der Waals surface area contributed by atoms with Gasteiger partial charge in [0.25, 0.3) is 0 Å². The molecule has 3 aliphatic rings. The van der Waals surface area contributed by atoms with Gasteiger partial charge in [-0.25, -0.2) is 0 Å². The average molecular weight is 267 g/mol. The van der Waals surface area contributed by atoms with E-state index in [9.17, 15) is 4.79 Å². The van der Waals surface area contributed by atoms with E-state index in [1.54, 1.807) is 6.07 Å². The summed E-state index contributed by atoms with van der Waals surface area (Å²) in [5.74, 6) is 0.511. The van der Waals surface area contributed by atoms with Gasteiger partial charge in [0.15, 0.2) is 0 Å². The van der Waals surface area contributed by atoms with Crippen LogP contribution < -0.4 is 16.2 Å². The highest BCUT2D eigenvalue weighted by Crippen LogP contribution is 2.45. The van der Waals surface area contributed by atoms with E-state index in [1.165, 1.54) is 5.69 Å². The summed E-state index contributed by atoms with van der Waals surface area (Å²) in [6, 6.07) is 9.48. The number of H-pyrrole nitrogens is 1. The molecule has 1 aromatic carbocycles. The SMILES string of the molecule is Nc1ccc(-c2cc(=O)[nH]c3c2N2CCC3CC2)cc1. The van der Waals surface area contributed by atoms with Crippen molar-refractivity contribution >= 4 is 11.4 Å². The van der Waals surface area contributed by atoms with Gasteiger partial charge in [-0.05, 0) is 30.5 Å². The molecule has 0 aliphatic carbocycles. The van der Waals surface area contributed by atoms with Crippen LogP contribution in [0.3, 0.4) is 0 Å². The maximum absolute atomic E-state index is 12.0. The summed E-state index contributed by atoms with van der Waals surface area (Å²) in [6.07, 6.45) is 2.29. The number of hydrogen-bond acceptors (Lipinski definition) is 3. The van der Waals surface area contributed by atoms with Crippen LogP contribution in [-0.4, -0.2) is 18.1 Å². The summed E-state index contributed by atoms with van der Waals surface area (Å²) in [5, 5.41) is 0. The van der Waals surface area contributed by atoms with Crippen molar-refractivity contribution in [2.24, 2.45) is 0 Å². The fourth-order valence-electron chi connectivity index (χ4n) is 3.48. The number of fused-ring (bicyclic) bond motifs is 2. The number of rotatable bonds is 1. The average Bonchev–Trinajstić information content (AvgIpc) is 2.48. The number of piperidine rings is 1. The Morgan fingerprint density at radius 2 is 1.85 bits per heavy atom. The first kappa shape index (κ1) is 11.6. The van der Waals surface area contributed by atoms with Gasteiger partial charge < -0.3 is 15.6 Å². The first-order valence-electron chi connectivity index (χ1n) is 7.10. The lowest BCUT2D eigenvalue weighted by Gasteiger charge is -2.42. The largest absolute Gasteiger partial charge is 0.399 e. The number of hydrogen-bond donors (Lipinski definition) is 2. The zero-order valence-electron chi connectivity index (χ0n) is 11.2. The molecule has 0 amide bonds. The third-order valence-electron chi connectivity index (χ3n) is 4.48. The second-order valence-electron chi connectivity index (χ2n) is 5.69. The molecule has 1 fully saturated rings. The van der Waals surface area contributed by atoms with Crippen LogP contribution in [-0.2, 0) is 0 Å². The standard InChI is InChI=1S/C16H17N3O/c17-12-3-1-10(2-4-12)13-9-14(20)18-15-11-5-7-19(8-6-11)16(13)15/h1-4,9,11H,5-8,17H2,(H,18,20). The molecule has 2 aromatic rings. The van der Waals surface area contributed by atoms with Gasteiger partial charge >= 0.3 is 0 Å². The van der Waals surface area contributed by atoms with Crippen LogP contribution in [0.2, 0.25) is 0 Å². The highest BCUT2D eigenvalue weighted by Gasteiger charge is 2.33. The fraction of sp³-hybridized carbons (Fsp3) is 0.312. The minimum atomic E-state index is -0.00988. The van der Waals surface area contributed by atoms with E-state index in [2.05, 4.69) is 9.88 Å². The molecule has 3 N–H and O–H groups in total. The Hall–Kier alpha value is -2.23. The normalized spacial score (nSPS) is 17.3. The third-order valence-corrected chi connectivity index (χ3v) is 4.48. The Bertz CT molecular complexity index is 709. The molecule has 0 saturated carbocycles. The van der Waals surface area contributed by atoms with Gasteiger partial charge in [-0.3, -0.25) is 4.79 Å². The summed E-state index contributed by atoms with van der Waals surface area (Å²) in [5.41, 5.74) is 10.9. The maximum Gasteiger partial charge on any atom is 0.248 e. The second-order valence-corrected chi connectivity index (χ2v) is 5.69. The monoisotopic (exact) mass is 267 g/mol. The lowest BCUT2D eigenvalue weighted by Crippen LogP contribution is -2.40. The second kappa shape index (κ2) is 4.13. The Kier molecular flexibility index (Phi) is 2.39. The Morgan fingerprint density at radius 3 is 2.55 bits per heavy atom. The number of aromatic amines is 1. The predicted octanol–water partition coefficient (Wildman–Crippen LogP) is 2.32. The van der Waals surface area contributed by atoms with E-state index in [4.69, 9.17) is 5.73 Å². The summed E-state index contributed by atoms with van der Waals surface area (Å²) in [4.78, 5) is 17.4. The van der Waals surface area contributed by atoms with Gasteiger partial charge in [-0.2, -0.15) is 0 Å². The number of aromatic nitrogens is 1. The topological polar surface area (TPSA) is 62.1 Å². The molecule has 5 rings (SSSR count). The molecule has 0 atom stereocenters. The van der Waals surface area contributed by atoms with Crippen molar-refractivity contribution in [3.63, 3.8) is 0 Å². The van der Waals surface area contributed by atoms with E-state index in [-0.39, 0.29) is 5.56 Å². The van der Waals surface area contributed by atoms with Gasteiger partial charge in [0.1, 0.15) is 0 Å². The molecule has 4 heterocycles. The van der Waals surface area contributed by atoms with Gasteiger partial charge in [0, 0.05) is 42.0 Å². The molecule has 1 aromatic heterocycles. The van der Waals surface area contributed by atoms with Crippen molar-refractivity contribution in [3.8, 4) is 11.1 Å². The van der Waals surface area contributed by atoms with Crippen molar-refractivity contribution in [1.29, 1.82) is 0 Å². The first-order valence-corrected chi connectivity index (χ1v) is 7.10. The molecule has 0 unspecified atom stereocenters. The summed E-state index contributed by atoms with van der Waals surface area (Å²) < 4.78 is 0. The Balaban J connectivity index is 1.96. The van der Waals surface area contributed by atoms with Crippen LogP contribution in [0, 0.1) is 0 Å². The maximum atomic E-state index is 12.0. The lowest BCUT2D eigenvalue weighted by atomic mass is 9.84. The molecule has 3 aliphatic heterocycles. The van der Waals surface area contributed by atoms with Crippen LogP contribution in [0.5, 0.6) is 0 Å². The van der Waals surface area contributed by atoms with Gasteiger partial charge in [0.05, 0.1) is 5.69 Å². The molecule has 1 saturated heterocycles. The predicted molar refractivity (Wildman–Crippen MR) is 81.1 cm³/mol. The number of benzene rings is 1. The van der Waals surface area contributed by atoms with E-state index in [1.807, 2.05) is 24.3 Å². The highest BCUT2D eigenvalue weighted by molar-refractivity contribution is 5.82. The van der Waals surface area contributed by atoms with Gasteiger partial charge in [0.2, 0.25) is 5.56 Å². The number of nitrogens with two attached hydrogens (primary N) is 1. The fourth-order valence-corrected chi connectivity index (χ4v) is 3.48. The number of pyridine rings is 1. The van der Waals surface area contributed by atoms with Crippen molar-refractivity contribution < 1.29 is 0 Å². The zero-order chi connectivity index (χ0) is 13.7. The molecule has 0 spiro atoms. The molecule has 20 heavy (non-hydrogen) atoms. The molecule has 4 heteroatoms. The van der Waals surface area contributed by atoms with Crippen LogP contribution in [0.25, 0.3) is 11.1 Å². The van der Waals surface area contributed by atoms with Gasteiger partial charge in [-0.15, -0.1) is 0 Å². The highest BCUT2D eigenvalue weighted by atomic mass is 16.1. The molecular weight excluding hydrogens is 250 g/mol.